The Morgan fingerprint density at radius 3 is 2.36 bits per heavy atom. The fourth-order valence-corrected chi connectivity index (χ4v) is 6.87. The van der Waals surface area contributed by atoms with Crippen LogP contribution in [-0.2, 0) is 12.8 Å². The number of amides is 2. The molecule has 4 fully saturated rings. The summed E-state index contributed by atoms with van der Waals surface area (Å²) in [5, 5.41) is 6.39. The summed E-state index contributed by atoms with van der Waals surface area (Å²) in [4.78, 5) is 12.6. The van der Waals surface area contributed by atoms with E-state index in [4.69, 9.17) is 0 Å². The highest BCUT2D eigenvalue weighted by molar-refractivity contribution is 5.89. The highest BCUT2D eigenvalue weighted by Gasteiger charge is 2.53. The number of hydrogen-bond acceptors (Lipinski definition) is 1. The van der Waals surface area contributed by atoms with Crippen molar-refractivity contribution in [2.45, 2.75) is 70.8 Å². The van der Waals surface area contributed by atoms with Gasteiger partial charge in [0.1, 0.15) is 0 Å². The summed E-state index contributed by atoms with van der Waals surface area (Å²) in [7, 11) is 0. The molecule has 1 atom stereocenters. The van der Waals surface area contributed by atoms with Crippen molar-refractivity contribution in [2.24, 2.45) is 23.2 Å². The van der Waals surface area contributed by atoms with Crippen molar-refractivity contribution >= 4 is 11.7 Å². The van der Waals surface area contributed by atoms with Crippen LogP contribution in [0.4, 0.5) is 10.5 Å². The Morgan fingerprint density at radius 2 is 1.68 bits per heavy atom. The highest BCUT2D eigenvalue weighted by Crippen LogP contribution is 2.61. The molecule has 0 unspecified atom stereocenters. The Morgan fingerprint density at radius 1 is 1.04 bits per heavy atom. The average Bonchev–Trinajstić information content (AvgIpc) is 3.01. The molecular formula is C22H30N2O. The molecule has 0 radical (unpaired) electrons. The van der Waals surface area contributed by atoms with Crippen molar-refractivity contribution in [2.75, 3.05) is 5.32 Å². The first kappa shape index (κ1) is 15.7. The van der Waals surface area contributed by atoms with Crippen LogP contribution in [-0.4, -0.2) is 12.1 Å². The van der Waals surface area contributed by atoms with Crippen LogP contribution in [0.25, 0.3) is 0 Å². The predicted octanol–water partition coefficient (Wildman–Crippen LogP) is 4.90. The molecule has 4 bridgehead atoms. The van der Waals surface area contributed by atoms with Gasteiger partial charge in [-0.1, -0.05) is 6.07 Å². The molecule has 0 saturated heterocycles. The number of urea groups is 1. The Balaban J connectivity index is 1.25. The second-order valence-corrected chi connectivity index (χ2v) is 9.44. The zero-order valence-electron chi connectivity index (χ0n) is 15.3. The maximum absolute atomic E-state index is 12.6. The average molecular weight is 338 g/mol. The Hall–Kier alpha value is -1.51. The molecule has 1 aromatic carbocycles. The summed E-state index contributed by atoms with van der Waals surface area (Å²) in [6.07, 6.45) is 11.9. The lowest BCUT2D eigenvalue weighted by atomic mass is 9.48. The molecule has 0 aromatic heterocycles. The summed E-state index contributed by atoms with van der Waals surface area (Å²) < 4.78 is 0. The third kappa shape index (κ3) is 2.76. The smallest absolute Gasteiger partial charge is 0.319 e. The maximum Gasteiger partial charge on any atom is 0.319 e. The maximum atomic E-state index is 12.6. The molecule has 2 amide bonds. The molecule has 3 heteroatoms. The lowest BCUT2D eigenvalue weighted by Crippen LogP contribution is -2.56. The van der Waals surface area contributed by atoms with E-state index in [2.05, 4.69) is 35.8 Å². The lowest BCUT2D eigenvalue weighted by Gasteiger charge is -2.59. The number of carbonyl (C=O) groups is 1. The highest BCUT2D eigenvalue weighted by atomic mass is 16.2. The van der Waals surface area contributed by atoms with Crippen molar-refractivity contribution in [1.29, 1.82) is 0 Å². The molecule has 6 rings (SSSR count). The van der Waals surface area contributed by atoms with E-state index in [-0.39, 0.29) is 12.1 Å². The van der Waals surface area contributed by atoms with Gasteiger partial charge in [-0.3, -0.25) is 0 Å². The van der Waals surface area contributed by atoms with Crippen LogP contribution in [0.3, 0.4) is 0 Å². The Labute approximate surface area is 151 Å². The summed E-state index contributed by atoms with van der Waals surface area (Å²) in [6, 6.07) is 6.65. The van der Waals surface area contributed by atoms with Crippen LogP contribution < -0.4 is 10.6 Å². The molecule has 0 spiro atoms. The molecular weight excluding hydrogens is 308 g/mol. The summed E-state index contributed by atoms with van der Waals surface area (Å²) in [5.74, 6) is 2.78. The molecule has 0 aliphatic heterocycles. The van der Waals surface area contributed by atoms with Gasteiger partial charge in [0.2, 0.25) is 0 Å². The normalized spacial score (nSPS) is 36.1. The van der Waals surface area contributed by atoms with Gasteiger partial charge in [0, 0.05) is 11.7 Å². The number of benzene rings is 1. The predicted molar refractivity (Wildman–Crippen MR) is 101 cm³/mol. The number of rotatable bonds is 3. The van der Waals surface area contributed by atoms with E-state index in [1.165, 1.54) is 62.5 Å². The quantitative estimate of drug-likeness (QED) is 0.808. The van der Waals surface area contributed by atoms with E-state index >= 15 is 0 Å². The van der Waals surface area contributed by atoms with Gasteiger partial charge in [-0.25, -0.2) is 4.79 Å². The minimum absolute atomic E-state index is 0.0267. The van der Waals surface area contributed by atoms with E-state index in [1.54, 1.807) is 0 Å². The van der Waals surface area contributed by atoms with Crippen molar-refractivity contribution in [3.63, 3.8) is 0 Å². The third-order valence-electron chi connectivity index (χ3n) is 7.71. The minimum Gasteiger partial charge on any atom is -0.335 e. The molecule has 5 aliphatic rings. The topological polar surface area (TPSA) is 41.1 Å². The number of aryl methyl sites for hydroxylation is 2. The first-order valence-electron chi connectivity index (χ1n) is 10.3. The molecule has 3 nitrogen and oxygen atoms in total. The van der Waals surface area contributed by atoms with Gasteiger partial charge in [-0.2, -0.15) is 0 Å². The van der Waals surface area contributed by atoms with Crippen LogP contribution in [0.15, 0.2) is 18.2 Å². The van der Waals surface area contributed by atoms with Crippen LogP contribution in [0.1, 0.15) is 63.0 Å². The van der Waals surface area contributed by atoms with Crippen LogP contribution in [0.2, 0.25) is 0 Å². The van der Waals surface area contributed by atoms with E-state index in [0.717, 1.165) is 29.9 Å². The SMILES string of the molecule is C[C@H](NC(=O)Nc1ccc2c(c1)CCC2)C12CC3CC(CC(C3)C1)C2. The molecule has 134 valence electrons. The van der Waals surface area contributed by atoms with E-state index in [1.807, 2.05) is 0 Å². The van der Waals surface area contributed by atoms with Crippen molar-refractivity contribution < 1.29 is 4.79 Å². The number of nitrogens with one attached hydrogen (secondary N) is 2. The number of hydrogen-bond donors (Lipinski definition) is 2. The van der Waals surface area contributed by atoms with Gasteiger partial charge in [0.05, 0.1) is 0 Å². The number of anilines is 1. The monoisotopic (exact) mass is 338 g/mol. The van der Waals surface area contributed by atoms with Crippen molar-refractivity contribution in [3.05, 3.63) is 29.3 Å². The van der Waals surface area contributed by atoms with Gasteiger partial charge in [-0.05, 0) is 111 Å². The van der Waals surface area contributed by atoms with Gasteiger partial charge in [-0.15, -0.1) is 0 Å². The minimum atomic E-state index is -0.0267. The zero-order valence-corrected chi connectivity index (χ0v) is 15.3. The van der Waals surface area contributed by atoms with Gasteiger partial charge < -0.3 is 10.6 Å². The standard InChI is InChI=1S/C22H30N2O/c1-14(22-11-15-7-16(12-22)9-17(8-15)13-22)23-21(25)24-20-6-5-18-3-2-4-19(18)10-20/h5-6,10,14-17H,2-4,7-9,11-13H2,1H3,(H2,23,24,25)/t14-,15?,16?,17?,22?/m0/s1. The van der Waals surface area contributed by atoms with Gasteiger partial charge in [0.15, 0.2) is 0 Å². The van der Waals surface area contributed by atoms with Crippen LogP contribution in [0.5, 0.6) is 0 Å². The van der Waals surface area contributed by atoms with Gasteiger partial charge in [0.25, 0.3) is 0 Å². The first-order valence-corrected chi connectivity index (χ1v) is 10.3. The van der Waals surface area contributed by atoms with Crippen LogP contribution >= 0.6 is 0 Å². The molecule has 1 aromatic rings. The molecule has 25 heavy (non-hydrogen) atoms. The molecule has 0 heterocycles. The zero-order chi connectivity index (χ0) is 17.0. The summed E-state index contributed by atoms with van der Waals surface area (Å²) in [6.45, 7) is 2.25. The molecule has 5 aliphatic carbocycles. The van der Waals surface area contributed by atoms with E-state index in [0.29, 0.717) is 5.41 Å². The number of fused-ring (bicyclic) bond motifs is 1. The number of carbonyl (C=O) groups excluding carboxylic acids is 1. The van der Waals surface area contributed by atoms with Crippen molar-refractivity contribution in [1.82, 2.24) is 5.32 Å². The largest absolute Gasteiger partial charge is 0.335 e. The molecule has 4 saturated carbocycles. The van der Waals surface area contributed by atoms with E-state index < -0.39 is 0 Å². The Kier molecular flexibility index (Phi) is 3.62. The summed E-state index contributed by atoms with van der Waals surface area (Å²) in [5.41, 5.74) is 4.17. The fourth-order valence-electron chi connectivity index (χ4n) is 6.87. The Bertz CT molecular complexity index is 660. The second kappa shape index (κ2) is 5.75. The molecule has 2 N–H and O–H groups in total. The lowest BCUT2D eigenvalue weighted by molar-refractivity contribution is -0.0679. The van der Waals surface area contributed by atoms with Crippen LogP contribution in [0, 0.1) is 23.2 Å². The van der Waals surface area contributed by atoms with Crippen molar-refractivity contribution in [3.8, 4) is 0 Å². The van der Waals surface area contributed by atoms with E-state index in [9.17, 15) is 4.79 Å². The fraction of sp³-hybridized carbons (Fsp3) is 0.682. The first-order chi connectivity index (χ1) is 12.1. The van der Waals surface area contributed by atoms with Gasteiger partial charge >= 0.3 is 6.03 Å². The summed E-state index contributed by atoms with van der Waals surface area (Å²) >= 11 is 0. The second-order valence-electron chi connectivity index (χ2n) is 9.44. The third-order valence-corrected chi connectivity index (χ3v) is 7.71.